The van der Waals surface area contributed by atoms with E-state index in [2.05, 4.69) is 20.6 Å². The minimum Gasteiger partial charge on any atom is -0.340 e. The topological polar surface area (TPSA) is 66.9 Å². The number of fused-ring (bicyclic) bond motifs is 1. The Bertz CT molecular complexity index is 1180. The van der Waals surface area contributed by atoms with Crippen molar-refractivity contribution in [1.82, 2.24) is 9.97 Å². The Labute approximate surface area is 173 Å². The highest BCUT2D eigenvalue weighted by Gasteiger charge is 2.08. The van der Waals surface area contributed by atoms with Crippen LogP contribution in [0.3, 0.4) is 0 Å². The lowest BCUT2D eigenvalue weighted by molar-refractivity contribution is -0.115. The van der Waals surface area contributed by atoms with Crippen LogP contribution in [0, 0.1) is 6.92 Å². The molecule has 0 saturated heterocycles. The smallest absolute Gasteiger partial charge is 0.228 e. The number of nitrogens with zero attached hydrogens (tertiary/aromatic N) is 2. The molecule has 0 aliphatic rings. The van der Waals surface area contributed by atoms with Gasteiger partial charge < -0.3 is 10.6 Å². The van der Waals surface area contributed by atoms with Crippen molar-refractivity contribution in [2.24, 2.45) is 0 Å². The van der Waals surface area contributed by atoms with Gasteiger partial charge in [0.25, 0.3) is 0 Å². The SMILES string of the molecule is Cc1cc(Nc2cccc(Cl)c2)nc2ccc(NC(=O)Cc3cccnc3)cc12. The predicted octanol–water partition coefficient (Wildman–Crippen LogP) is 5.52. The summed E-state index contributed by atoms with van der Waals surface area (Å²) in [5.41, 5.74) is 4.40. The van der Waals surface area contributed by atoms with E-state index in [0.717, 1.165) is 39.2 Å². The van der Waals surface area contributed by atoms with Gasteiger partial charge in [-0.2, -0.15) is 0 Å². The molecule has 2 N–H and O–H groups in total. The second-order valence-corrected chi connectivity index (χ2v) is 7.21. The number of halogens is 1. The maximum atomic E-state index is 12.3. The van der Waals surface area contributed by atoms with Crippen molar-refractivity contribution in [3.8, 4) is 0 Å². The molecule has 4 rings (SSSR count). The van der Waals surface area contributed by atoms with E-state index in [1.165, 1.54) is 0 Å². The number of rotatable bonds is 5. The fourth-order valence-corrected chi connectivity index (χ4v) is 3.33. The van der Waals surface area contributed by atoms with Crippen LogP contribution in [0.15, 0.2) is 73.1 Å². The lowest BCUT2D eigenvalue weighted by Gasteiger charge is -2.11. The van der Waals surface area contributed by atoms with Crippen LogP contribution in [0.1, 0.15) is 11.1 Å². The number of aryl methyl sites for hydroxylation is 1. The van der Waals surface area contributed by atoms with E-state index in [1.807, 2.05) is 67.6 Å². The summed E-state index contributed by atoms with van der Waals surface area (Å²) in [6, 6.07) is 18.9. The summed E-state index contributed by atoms with van der Waals surface area (Å²) in [4.78, 5) is 21.0. The zero-order valence-electron chi connectivity index (χ0n) is 15.8. The fraction of sp³-hybridized carbons (Fsp3) is 0.0870. The van der Waals surface area contributed by atoms with Crippen molar-refractivity contribution in [2.45, 2.75) is 13.3 Å². The van der Waals surface area contributed by atoms with Gasteiger partial charge in [0.1, 0.15) is 5.82 Å². The van der Waals surface area contributed by atoms with Gasteiger partial charge in [0, 0.05) is 34.2 Å². The maximum absolute atomic E-state index is 12.3. The van der Waals surface area contributed by atoms with Crippen LogP contribution in [0.2, 0.25) is 5.02 Å². The first-order chi connectivity index (χ1) is 14.1. The molecule has 4 aromatic rings. The van der Waals surface area contributed by atoms with Crippen LogP contribution in [0.4, 0.5) is 17.2 Å². The number of carbonyl (C=O) groups is 1. The van der Waals surface area contributed by atoms with Crippen molar-refractivity contribution < 1.29 is 4.79 Å². The first-order valence-corrected chi connectivity index (χ1v) is 9.57. The summed E-state index contributed by atoms with van der Waals surface area (Å²) < 4.78 is 0. The lowest BCUT2D eigenvalue weighted by Crippen LogP contribution is -2.14. The number of carbonyl (C=O) groups excluding carboxylic acids is 1. The highest BCUT2D eigenvalue weighted by Crippen LogP contribution is 2.26. The van der Waals surface area contributed by atoms with E-state index in [4.69, 9.17) is 11.6 Å². The molecule has 2 aromatic heterocycles. The summed E-state index contributed by atoms with van der Waals surface area (Å²) in [6.45, 7) is 2.02. The van der Waals surface area contributed by atoms with Gasteiger partial charge in [-0.05, 0) is 66.6 Å². The monoisotopic (exact) mass is 402 g/mol. The number of benzene rings is 2. The molecule has 0 aliphatic carbocycles. The standard InChI is InChI=1S/C23H19ClN4O/c1-15-10-22(26-18-6-2-5-17(24)12-18)28-21-8-7-19(13-20(15)21)27-23(29)11-16-4-3-9-25-14-16/h2-10,12-14H,11H2,1H3,(H,26,28)(H,27,29). The first kappa shape index (κ1) is 18.9. The van der Waals surface area contributed by atoms with E-state index in [-0.39, 0.29) is 12.3 Å². The Morgan fingerprint density at radius 1 is 1.03 bits per heavy atom. The average Bonchev–Trinajstić information content (AvgIpc) is 2.69. The summed E-state index contributed by atoms with van der Waals surface area (Å²) in [6.07, 6.45) is 3.67. The third-order valence-electron chi connectivity index (χ3n) is 4.48. The van der Waals surface area contributed by atoms with Gasteiger partial charge in [0.05, 0.1) is 11.9 Å². The van der Waals surface area contributed by atoms with E-state index in [0.29, 0.717) is 5.02 Å². The largest absolute Gasteiger partial charge is 0.340 e. The van der Waals surface area contributed by atoms with E-state index >= 15 is 0 Å². The second kappa shape index (κ2) is 8.29. The van der Waals surface area contributed by atoms with Gasteiger partial charge in [-0.15, -0.1) is 0 Å². The molecular formula is C23H19ClN4O. The molecule has 1 amide bonds. The Morgan fingerprint density at radius 2 is 1.93 bits per heavy atom. The lowest BCUT2D eigenvalue weighted by atomic mass is 10.1. The molecule has 2 aromatic carbocycles. The van der Waals surface area contributed by atoms with Crippen molar-refractivity contribution in [1.29, 1.82) is 0 Å². The van der Waals surface area contributed by atoms with Crippen LogP contribution < -0.4 is 10.6 Å². The van der Waals surface area contributed by atoms with E-state index in [9.17, 15) is 4.79 Å². The average molecular weight is 403 g/mol. The quantitative estimate of drug-likeness (QED) is 0.461. The van der Waals surface area contributed by atoms with Crippen molar-refractivity contribution in [3.63, 3.8) is 0 Å². The number of pyridine rings is 2. The van der Waals surface area contributed by atoms with Gasteiger partial charge in [-0.1, -0.05) is 23.7 Å². The molecule has 0 fully saturated rings. The Kier molecular flexibility index (Phi) is 5.40. The highest BCUT2D eigenvalue weighted by atomic mass is 35.5. The molecule has 0 unspecified atom stereocenters. The number of anilines is 3. The third-order valence-corrected chi connectivity index (χ3v) is 4.72. The molecular weight excluding hydrogens is 384 g/mol. The molecule has 0 bridgehead atoms. The van der Waals surface area contributed by atoms with Crippen LogP contribution in [-0.4, -0.2) is 15.9 Å². The zero-order valence-corrected chi connectivity index (χ0v) is 16.6. The van der Waals surface area contributed by atoms with Gasteiger partial charge >= 0.3 is 0 Å². The number of hydrogen-bond acceptors (Lipinski definition) is 4. The number of hydrogen-bond donors (Lipinski definition) is 2. The third kappa shape index (κ3) is 4.70. The van der Waals surface area contributed by atoms with Gasteiger partial charge in [0.2, 0.25) is 5.91 Å². The summed E-state index contributed by atoms with van der Waals surface area (Å²) in [7, 11) is 0. The normalized spacial score (nSPS) is 10.7. The molecule has 6 heteroatoms. The molecule has 29 heavy (non-hydrogen) atoms. The zero-order chi connectivity index (χ0) is 20.2. The molecule has 0 radical (unpaired) electrons. The predicted molar refractivity (Wildman–Crippen MR) is 118 cm³/mol. The van der Waals surface area contributed by atoms with Crippen LogP contribution in [0.25, 0.3) is 10.9 Å². The minimum absolute atomic E-state index is 0.0813. The summed E-state index contributed by atoms with van der Waals surface area (Å²) >= 11 is 6.05. The minimum atomic E-state index is -0.0813. The molecule has 144 valence electrons. The van der Waals surface area contributed by atoms with Crippen LogP contribution >= 0.6 is 11.6 Å². The molecule has 0 aliphatic heterocycles. The molecule has 0 saturated carbocycles. The number of amides is 1. The van der Waals surface area contributed by atoms with Crippen LogP contribution in [0.5, 0.6) is 0 Å². The van der Waals surface area contributed by atoms with Crippen LogP contribution in [-0.2, 0) is 11.2 Å². The maximum Gasteiger partial charge on any atom is 0.228 e. The molecule has 5 nitrogen and oxygen atoms in total. The summed E-state index contributed by atoms with van der Waals surface area (Å²) in [5.74, 6) is 0.660. The van der Waals surface area contributed by atoms with E-state index in [1.54, 1.807) is 12.4 Å². The van der Waals surface area contributed by atoms with Gasteiger partial charge in [0.15, 0.2) is 0 Å². The molecule has 2 heterocycles. The van der Waals surface area contributed by atoms with E-state index < -0.39 is 0 Å². The second-order valence-electron chi connectivity index (χ2n) is 6.78. The Balaban J connectivity index is 1.53. The highest BCUT2D eigenvalue weighted by molar-refractivity contribution is 6.30. The molecule has 0 spiro atoms. The van der Waals surface area contributed by atoms with Crippen molar-refractivity contribution >= 4 is 45.6 Å². The molecule has 0 atom stereocenters. The van der Waals surface area contributed by atoms with Gasteiger partial charge in [-0.3, -0.25) is 9.78 Å². The fourth-order valence-electron chi connectivity index (χ4n) is 3.14. The summed E-state index contributed by atoms with van der Waals surface area (Å²) in [5, 5.41) is 7.88. The van der Waals surface area contributed by atoms with Crippen molar-refractivity contribution in [3.05, 3.63) is 89.2 Å². The number of aromatic nitrogens is 2. The van der Waals surface area contributed by atoms with Gasteiger partial charge in [-0.25, -0.2) is 4.98 Å². The number of nitrogens with one attached hydrogen (secondary N) is 2. The van der Waals surface area contributed by atoms with Crippen molar-refractivity contribution in [2.75, 3.05) is 10.6 Å². The first-order valence-electron chi connectivity index (χ1n) is 9.19. The Morgan fingerprint density at radius 3 is 2.72 bits per heavy atom. The Hall–Kier alpha value is -3.44.